The van der Waals surface area contributed by atoms with E-state index >= 15 is 0 Å². The number of ether oxygens (including phenoxy) is 1. The van der Waals surface area contributed by atoms with E-state index in [-0.39, 0.29) is 6.10 Å². The molecular weight excluding hydrogens is 230 g/mol. The first-order valence-electron chi connectivity index (χ1n) is 5.93. The molecule has 0 saturated heterocycles. The fourth-order valence-corrected chi connectivity index (χ4v) is 1.82. The zero-order valence-corrected chi connectivity index (χ0v) is 10.8. The summed E-state index contributed by atoms with van der Waals surface area (Å²) in [6.45, 7) is 2.02. The highest BCUT2D eigenvalue weighted by atomic mass is 16.5. The summed E-state index contributed by atoms with van der Waals surface area (Å²) < 4.78 is 10.6. The van der Waals surface area contributed by atoms with Gasteiger partial charge in [0.2, 0.25) is 5.82 Å². The molecule has 0 radical (unpaired) electrons. The molecule has 1 unspecified atom stereocenters. The number of rotatable bonds is 5. The third kappa shape index (κ3) is 2.36. The van der Waals surface area contributed by atoms with E-state index < -0.39 is 0 Å². The van der Waals surface area contributed by atoms with Crippen molar-refractivity contribution in [3.8, 4) is 11.5 Å². The standard InChI is InChI=1S/C13H17N3O2/c1-4-11(17-3)12-15-13(18-16-12)9-7-5-6-8-10(9)14-2/h5-8,11,14H,4H2,1-3H3. The number of aromatic nitrogens is 2. The highest BCUT2D eigenvalue weighted by Crippen LogP contribution is 2.27. The third-order valence-electron chi connectivity index (χ3n) is 2.81. The second-order valence-corrected chi connectivity index (χ2v) is 3.89. The second kappa shape index (κ2) is 5.64. The van der Waals surface area contributed by atoms with E-state index in [0.29, 0.717) is 11.7 Å². The van der Waals surface area contributed by atoms with Gasteiger partial charge in [-0.3, -0.25) is 0 Å². The largest absolute Gasteiger partial charge is 0.387 e. The number of para-hydroxylation sites is 1. The van der Waals surface area contributed by atoms with Crippen LogP contribution in [-0.4, -0.2) is 24.3 Å². The van der Waals surface area contributed by atoms with Gasteiger partial charge in [-0.05, 0) is 18.6 Å². The summed E-state index contributed by atoms with van der Waals surface area (Å²) >= 11 is 0. The van der Waals surface area contributed by atoms with Crippen molar-refractivity contribution >= 4 is 5.69 Å². The van der Waals surface area contributed by atoms with Crippen LogP contribution in [-0.2, 0) is 4.74 Å². The first kappa shape index (κ1) is 12.6. The van der Waals surface area contributed by atoms with Crippen LogP contribution in [0.25, 0.3) is 11.5 Å². The third-order valence-corrected chi connectivity index (χ3v) is 2.81. The summed E-state index contributed by atoms with van der Waals surface area (Å²) in [4.78, 5) is 4.39. The predicted molar refractivity (Wildman–Crippen MR) is 69.3 cm³/mol. The lowest BCUT2D eigenvalue weighted by Crippen LogP contribution is -2.01. The molecule has 1 aromatic carbocycles. The Labute approximate surface area is 106 Å². The maximum Gasteiger partial charge on any atom is 0.260 e. The van der Waals surface area contributed by atoms with Crippen molar-refractivity contribution < 1.29 is 9.26 Å². The molecule has 18 heavy (non-hydrogen) atoms. The number of hydrogen-bond donors (Lipinski definition) is 1. The van der Waals surface area contributed by atoms with Gasteiger partial charge >= 0.3 is 0 Å². The quantitative estimate of drug-likeness (QED) is 0.880. The maximum atomic E-state index is 5.30. The van der Waals surface area contributed by atoms with Gasteiger partial charge in [0.25, 0.3) is 5.89 Å². The molecule has 0 saturated carbocycles. The van der Waals surface area contributed by atoms with Crippen LogP contribution in [0.2, 0.25) is 0 Å². The minimum Gasteiger partial charge on any atom is -0.387 e. The Hall–Kier alpha value is -1.88. The van der Waals surface area contributed by atoms with Crippen LogP contribution in [0.1, 0.15) is 25.3 Å². The van der Waals surface area contributed by atoms with E-state index in [1.807, 2.05) is 38.2 Å². The lowest BCUT2D eigenvalue weighted by molar-refractivity contribution is 0.0903. The summed E-state index contributed by atoms with van der Waals surface area (Å²) in [7, 11) is 3.51. The van der Waals surface area contributed by atoms with Crippen molar-refractivity contribution in [3.63, 3.8) is 0 Å². The molecule has 0 fully saturated rings. The number of nitrogens with zero attached hydrogens (tertiary/aromatic N) is 2. The van der Waals surface area contributed by atoms with Crippen molar-refractivity contribution in [1.82, 2.24) is 10.1 Å². The van der Waals surface area contributed by atoms with Crippen LogP contribution < -0.4 is 5.32 Å². The Bertz CT molecular complexity index is 506. The van der Waals surface area contributed by atoms with Crippen molar-refractivity contribution in [2.75, 3.05) is 19.5 Å². The molecule has 96 valence electrons. The van der Waals surface area contributed by atoms with Crippen LogP contribution in [0, 0.1) is 0 Å². The average molecular weight is 247 g/mol. The highest BCUT2D eigenvalue weighted by molar-refractivity contribution is 5.72. The van der Waals surface area contributed by atoms with Gasteiger partial charge in [-0.25, -0.2) is 0 Å². The maximum absolute atomic E-state index is 5.30. The topological polar surface area (TPSA) is 60.2 Å². The van der Waals surface area contributed by atoms with Crippen molar-refractivity contribution in [1.29, 1.82) is 0 Å². The fourth-order valence-electron chi connectivity index (χ4n) is 1.82. The van der Waals surface area contributed by atoms with Gasteiger partial charge in [0, 0.05) is 19.8 Å². The van der Waals surface area contributed by atoms with Gasteiger partial charge in [-0.2, -0.15) is 4.98 Å². The molecule has 0 aliphatic rings. The minimum absolute atomic E-state index is 0.121. The van der Waals surface area contributed by atoms with Gasteiger partial charge in [0.1, 0.15) is 6.10 Å². The predicted octanol–water partition coefficient (Wildman–Crippen LogP) is 2.88. The van der Waals surface area contributed by atoms with Gasteiger partial charge in [0.05, 0.1) is 5.56 Å². The van der Waals surface area contributed by atoms with Crippen LogP contribution in [0.4, 0.5) is 5.69 Å². The highest BCUT2D eigenvalue weighted by Gasteiger charge is 2.17. The first-order valence-corrected chi connectivity index (χ1v) is 5.93. The molecule has 5 nitrogen and oxygen atoms in total. The first-order chi connectivity index (χ1) is 8.80. The van der Waals surface area contributed by atoms with E-state index in [1.165, 1.54) is 0 Å². The van der Waals surface area contributed by atoms with E-state index in [1.54, 1.807) is 7.11 Å². The molecule has 1 aromatic heterocycles. The van der Waals surface area contributed by atoms with Gasteiger partial charge in [-0.15, -0.1) is 0 Å². The Balaban J connectivity index is 2.34. The summed E-state index contributed by atoms with van der Waals surface area (Å²) in [6, 6.07) is 7.80. The smallest absolute Gasteiger partial charge is 0.260 e. The summed E-state index contributed by atoms with van der Waals surface area (Å²) in [5.74, 6) is 1.09. The van der Waals surface area contributed by atoms with Crippen LogP contribution in [0.3, 0.4) is 0 Å². The van der Waals surface area contributed by atoms with Gasteiger partial charge < -0.3 is 14.6 Å². The molecule has 2 aromatic rings. The summed E-state index contributed by atoms with van der Waals surface area (Å²) in [5.41, 5.74) is 1.85. The van der Waals surface area contributed by atoms with E-state index in [4.69, 9.17) is 9.26 Å². The molecule has 1 N–H and O–H groups in total. The van der Waals surface area contributed by atoms with E-state index in [0.717, 1.165) is 17.7 Å². The average Bonchev–Trinajstić information content (AvgIpc) is 2.89. The Morgan fingerprint density at radius 3 is 2.83 bits per heavy atom. The van der Waals surface area contributed by atoms with E-state index in [9.17, 15) is 0 Å². The Morgan fingerprint density at radius 1 is 1.39 bits per heavy atom. The molecule has 0 amide bonds. The van der Waals surface area contributed by atoms with Crippen molar-refractivity contribution in [2.24, 2.45) is 0 Å². The monoisotopic (exact) mass is 247 g/mol. The van der Waals surface area contributed by atoms with Crippen molar-refractivity contribution in [2.45, 2.75) is 19.4 Å². The van der Waals surface area contributed by atoms with Crippen LogP contribution in [0.5, 0.6) is 0 Å². The summed E-state index contributed by atoms with van der Waals surface area (Å²) in [5, 5.41) is 7.07. The minimum atomic E-state index is -0.121. The molecule has 0 bridgehead atoms. The molecular formula is C13H17N3O2. The van der Waals surface area contributed by atoms with Gasteiger partial charge in [-0.1, -0.05) is 24.2 Å². The lowest BCUT2D eigenvalue weighted by atomic mass is 10.2. The van der Waals surface area contributed by atoms with Crippen LogP contribution in [0.15, 0.2) is 28.8 Å². The zero-order valence-electron chi connectivity index (χ0n) is 10.8. The number of nitrogens with one attached hydrogen (secondary N) is 1. The number of benzene rings is 1. The molecule has 2 rings (SSSR count). The Kier molecular flexibility index (Phi) is 3.94. The Morgan fingerprint density at radius 2 is 2.17 bits per heavy atom. The number of anilines is 1. The lowest BCUT2D eigenvalue weighted by Gasteiger charge is -2.06. The van der Waals surface area contributed by atoms with Gasteiger partial charge in [0.15, 0.2) is 0 Å². The zero-order chi connectivity index (χ0) is 13.0. The second-order valence-electron chi connectivity index (χ2n) is 3.89. The summed E-state index contributed by atoms with van der Waals surface area (Å²) in [6.07, 6.45) is 0.688. The molecule has 0 aliphatic carbocycles. The van der Waals surface area contributed by atoms with Crippen LogP contribution >= 0.6 is 0 Å². The fraction of sp³-hybridized carbons (Fsp3) is 0.385. The molecule has 5 heteroatoms. The molecule has 1 atom stereocenters. The van der Waals surface area contributed by atoms with Crippen molar-refractivity contribution in [3.05, 3.63) is 30.1 Å². The number of hydrogen-bond acceptors (Lipinski definition) is 5. The SMILES string of the molecule is CCC(OC)c1noc(-c2ccccc2NC)n1. The molecule has 1 heterocycles. The molecule has 0 aliphatic heterocycles. The number of methoxy groups -OCH3 is 1. The van der Waals surface area contributed by atoms with E-state index in [2.05, 4.69) is 15.5 Å². The molecule has 0 spiro atoms. The normalized spacial score (nSPS) is 12.4.